The number of aliphatic hydroxyl groups excluding tert-OH is 1. The molecule has 0 aromatic heterocycles. The van der Waals surface area contributed by atoms with E-state index in [-0.39, 0.29) is 25.5 Å². The van der Waals surface area contributed by atoms with Crippen LogP contribution in [0.2, 0.25) is 0 Å². The van der Waals surface area contributed by atoms with E-state index in [4.69, 9.17) is 9.05 Å². The fourth-order valence-electron chi connectivity index (χ4n) is 8.11. The molecule has 0 aliphatic carbocycles. The summed E-state index contributed by atoms with van der Waals surface area (Å²) in [5.74, 6) is -0.247. The lowest BCUT2D eigenvalue weighted by Crippen LogP contribution is -2.45. The molecule has 0 saturated carbocycles. The molecule has 0 rings (SSSR count). The zero-order valence-electron chi connectivity index (χ0n) is 47.8. The number of unbranched alkanes of at least 4 members (excludes halogenated alkanes) is 24. The number of nitrogens with one attached hydrogen (secondary N) is 1. The maximum atomic E-state index is 13.0. The van der Waals surface area contributed by atoms with E-state index < -0.39 is 20.0 Å². The average Bonchev–Trinajstić information content (AvgIpc) is 3.35. The van der Waals surface area contributed by atoms with Gasteiger partial charge in [0, 0.05) is 6.42 Å². The molecule has 3 atom stereocenters. The Morgan fingerprint density at radius 3 is 1.26 bits per heavy atom. The SMILES string of the molecule is CC/C=C\C/C=C\C/C=C\C/C=C\C/C=C\C/C=C\C/C=C\CCCC(=O)NC(COP(=O)(O)OCC[N+](C)(C)C)C(O)/C=C/CC/C=C/CCCCCCCCCCCCCCCCCCCCCCCC. The number of allylic oxidation sites excluding steroid dienone is 17. The maximum absolute atomic E-state index is 13.0. The van der Waals surface area contributed by atoms with Crippen molar-refractivity contribution in [2.45, 2.75) is 251 Å². The summed E-state index contributed by atoms with van der Waals surface area (Å²) in [6.45, 7) is 4.64. The van der Waals surface area contributed by atoms with Crippen LogP contribution in [0.1, 0.15) is 239 Å². The number of phosphoric ester groups is 1. The second kappa shape index (κ2) is 54.0. The van der Waals surface area contributed by atoms with Gasteiger partial charge in [0.1, 0.15) is 13.2 Å². The van der Waals surface area contributed by atoms with Gasteiger partial charge in [-0.1, -0.05) is 258 Å². The highest BCUT2D eigenvalue weighted by atomic mass is 31.2. The van der Waals surface area contributed by atoms with Crippen LogP contribution in [0.5, 0.6) is 0 Å². The molecule has 9 heteroatoms. The normalized spacial score (nSPS) is 14.7. The van der Waals surface area contributed by atoms with Crippen LogP contribution < -0.4 is 5.32 Å². The van der Waals surface area contributed by atoms with Gasteiger partial charge in [-0.05, 0) is 83.5 Å². The van der Waals surface area contributed by atoms with Crippen LogP contribution in [0.4, 0.5) is 0 Å². The molecule has 0 aromatic carbocycles. The molecule has 0 heterocycles. The van der Waals surface area contributed by atoms with Crippen molar-refractivity contribution in [3.8, 4) is 0 Å². The minimum Gasteiger partial charge on any atom is -0.387 e. The van der Waals surface area contributed by atoms with Gasteiger partial charge in [-0.25, -0.2) is 4.57 Å². The Morgan fingerprint density at radius 1 is 0.479 bits per heavy atom. The fourth-order valence-corrected chi connectivity index (χ4v) is 8.84. The molecule has 0 spiro atoms. The zero-order valence-corrected chi connectivity index (χ0v) is 48.7. The number of amides is 1. The molecule has 73 heavy (non-hydrogen) atoms. The quantitative estimate of drug-likeness (QED) is 0.0243. The topological polar surface area (TPSA) is 105 Å². The highest BCUT2D eigenvalue weighted by molar-refractivity contribution is 7.47. The number of hydrogen-bond acceptors (Lipinski definition) is 5. The van der Waals surface area contributed by atoms with E-state index in [1.807, 2.05) is 27.2 Å². The van der Waals surface area contributed by atoms with Gasteiger partial charge >= 0.3 is 7.82 Å². The smallest absolute Gasteiger partial charge is 0.387 e. The van der Waals surface area contributed by atoms with Crippen LogP contribution in [0.3, 0.4) is 0 Å². The Balaban J connectivity index is 4.35. The molecular weight excluding hydrogens is 924 g/mol. The summed E-state index contributed by atoms with van der Waals surface area (Å²) in [7, 11) is 1.50. The molecule has 0 aliphatic rings. The number of quaternary nitrogens is 1. The molecule has 1 amide bonds. The number of hydrogen-bond donors (Lipinski definition) is 3. The van der Waals surface area contributed by atoms with Crippen LogP contribution in [-0.2, 0) is 18.4 Å². The monoisotopic (exact) mass is 1040 g/mol. The van der Waals surface area contributed by atoms with Crippen LogP contribution in [0, 0.1) is 0 Å². The van der Waals surface area contributed by atoms with Crippen molar-refractivity contribution in [3.05, 3.63) is 109 Å². The Labute approximate surface area is 451 Å². The van der Waals surface area contributed by atoms with Gasteiger partial charge in [0.15, 0.2) is 0 Å². The number of rotatable bonds is 53. The number of aliphatic hydroxyl groups is 1. The van der Waals surface area contributed by atoms with Gasteiger partial charge in [0.25, 0.3) is 0 Å². The van der Waals surface area contributed by atoms with E-state index in [1.165, 1.54) is 141 Å². The molecule has 0 aliphatic heterocycles. The summed E-state index contributed by atoms with van der Waals surface area (Å²) in [6, 6.07) is -0.903. The molecule has 0 fully saturated rings. The summed E-state index contributed by atoms with van der Waals surface area (Å²) in [5, 5.41) is 13.9. The van der Waals surface area contributed by atoms with Crippen molar-refractivity contribution in [1.29, 1.82) is 0 Å². The Kier molecular flexibility index (Phi) is 51.9. The van der Waals surface area contributed by atoms with Crippen molar-refractivity contribution in [1.82, 2.24) is 5.32 Å². The summed E-state index contributed by atoms with van der Waals surface area (Å²) in [4.78, 5) is 23.3. The highest BCUT2D eigenvalue weighted by Gasteiger charge is 2.27. The second-order valence-corrected chi connectivity index (χ2v) is 22.4. The first-order chi connectivity index (χ1) is 35.5. The minimum atomic E-state index is -4.38. The van der Waals surface area contributed by atoms with Crippen LogP contribution in [0.15, 0.2) is 109 Å². The lowest BCUT2D eigenvalue weighted by atomic mass is 10.0. The third-order valence-corrected chi connectivity index (χ3v) is 13.7. The van der Waals surface area contributed by atoms with Gasteiger partial charge in [0.05, 0.1) is 39.9 Å². The number of carbonyl (C=O) groups is 1. The lowest BCUT2D eigenvalue weighted by molar-refractivity contribution is -0.870. The first kappa shape index (κ1) is 70.2. The van der Waals surface area contributed by atoms with E-state index in [2.05, 4.69) is 116 Å². The largest absolute Gasteiger partial charge is 0.472 e. The Bertz CT molecular complexity index is 1550. The first-order valence-corrected chi connectivity index (χ1v) is 31.3. The van der Waals surface area contributed by atoms with E-state index in [0.717, 1.165) is 70.6 Å². The van der Waals surface area contributed by atoms with Crippen molar-refractivity contribution < 1.29 is 32.9 Å². The molecule has 3 N–H and O–H groups in total. The molecule has 0 radical (unpaired) electrons. The summed E-state index contributed by atoms with van der Waals surface area (Å²) >= 11 is 0. The molecule has 3 unspecified atom stereocenters. The zero-order chi connectivity index (χ0) is 53.5. The third-order valence-electron chi connectivity index (χ3n) is 12.7. The Hall–Kier alpha value is -2.84. The minimum absolute atomic E-state index is 0.0392. The van der Waals surface area contributed by atoms with Gasteiger partial charge in [-0.3, -0.25) is 13.8 Å². The number of likely N-dealkylation sites (N-methyl/N-ethyl adjacent to an activating group) is 1. The van der Waals surface area contributed by atoms with Crippen molar-refractivity contribution >= 4 is 13.7 Å². The molecule has 0 saturated heterocycles. The van der Waals surface area contributed by atoms with Crippen molar-refractivity contribution in [2.24, 2.45) is 0 Å². The average molecular weight is 1040 g/mol. The van der Waals surface area contributed by atoms with Gasteiger partial charge < -0.3 is 19.8 Å². The number of phosphoric acid groups is 1. The molecule has 420 valence electrons. The lowest BCUT2D eigenvalue weighted by Gasteiger charge is -2.25. The van der Waals surface area contributed by atoms with Gasteiger partial charge in [0.2, 0.25) is 5.91 Å². The Morgan fingerprint density at radius 2 is 0.836 bits per heavy atom. The second-order valence-electron chi connectivity index (χ2n) is 21.0. The molecule has 0 bridgehead atoms. The van der Waals surface area contributed by atoms with E-state index >= 15 is 0 Å². The number of carbonyl (C=O) groups excluding carboxylic acids is 1. The fraction of sp³-hybridized carbons (Fsp3) is 0.703. The van der Waals surface area contributed by atoms with Crippen LogP contribution in [0.25, 0.3) is 0 Å². The van der Waals surface area contributed by atoms with Crippen molar-refractivity contribution in [3.63, 3.8) is 0 Å². The standard InChI is InChI=1S/C64H113N2O6P/c1-6-8-10-12-14-16-18-20-22-24-26-28-30-31-32-33-34-36-37-39-41-43-45-47-49-51-53-55-57-63(67)62(61-72-73(69,70)71-60-59-66(3,4)5)65-64(68)58-56-54-52-50-48-46-44-42-40-38-35-29-27-25-23-21-19-17-15-13-11-9-7-2/h9,11,15,17,21,23,27,29,38,40,44,46-47,49-50,52,55,57,62-63,67H,6-8,10,12-14,16,18-20,22,24-26,28,30-37,39,41-43,45,48,51,53-54,56,58-61H2,1-5H3,(H-,65,68,69,70)/p+1/b11-9-,17-15-,23-21-,29-27-,40-38-,46-44-,49-47+,52-50-,57-55+. The molecule has 8 nitrogen and oxygen atoms in total. The van der Waals surface area contributed by atoms with E-state index in [0.29, 0.717) is 17.4 Å². The summed E-state index contributed by atoms with van der Waals surface area (Å²) in [5.41, 5.74) is 0. The predicted octanol–water partition coefficient (Wildman–Crippen LogP) is 18.4. The van der Waals surface area contributed by atoms with Gasteiger partial charge in [-0.2, -0.15) is 0 Å². The van der Waals surface area contributed by atoms with E-state index in [9.17, 15) is 19.4 Å². The third kappa shape index (κ3) is 56.7. The van der Waals surface area contributed by atoms with Crippen molar-refractivity contribution in [2.75, 3.05) is 40.9 Å². The van der Waals surface area contributed by atoms with Crippen LogP contribution >= 0.6 is 7.82 Å². The van der Waals surface area contributed by atoms with Gasteiger partial charge in [-0.15, -0.1) is 0 Å². The first-order valence-electron chi connectivity index (χ1n) is 29.8. The summed E-state index contributed by atoms with van der Waals surface area (Å²) in [6.07, 6.45) is 79.3. The van der Waals surface area contributed by atoms with Crippen LogP contribution in [-0.4, -0.2) is 73.4 Å². The number of nitrogens with zero attached hydrogens (tertiary/aromatic N) is 1. The molecule has 0 aromatic rings. The maximum Gasteiger partial charge on any atom is 0.472 e. The summed E-state index contributed by atoms with van der Waals surface area (Å²) < 4.78 is 23.7. The molecular formula is C64H114N2O6P+. The van der Waals surface area contributed by atoms with E-state index in [1.54, 1.807) is 6.08 Å². The predicted molar refractivity (Wildman–Crippen MR) is 318 cm³/mol. The highest BCUT2D eigenvalue weighted by Crippen LogP contribution is 2.43.